The van der Waals surface area contributed by atoms with Gasteiger partial charge < -0.3 is 11.5 Å². The van der Waals surface area contributed by atoms with Gasteiger partial charge in [0.25, 0.3) is 0 Å². The molecule has 4 N–H and O–H groups in total. The molecule has 0 bridgehead atoms. The molecule has 2 heteroatoms. The van der Waals surface area contributed by atoms with Crippen molar-refractivity contribution in [3.05, 3.63) is 190 Å². The van der Waals surface area contributed by atoms with E-state index in [2.05, 4.69) is 84.3 Å². The minimum absolute atomic E-state index is 0.624. The Morgan fingerprint density at radius 3 is 1.14 bits per heavy atom. The maximum Gasteiger partial charge on any atom is 0.0714 e. The monoisotopic (exact) mass is 548 g/mol. The lowest BCUT2D eigenvalue weighted by Gasteiger charge is -2.34. The standard InChI is InChI=1S/C41H28N2/c42-35-21-17-33(18-22-35)41(34-19-23-36(43)24-20-34)39-27-31(13-11-29-7-3-1-4-8-29)15-25-37(39)38-26-16-32(28-40(38)41)14-12-30-9-5-2-6-10-30/h1-10,15-28H,42-43H2. The van der Waals surface area contributed by atoms with Crippen molar-refractivity contribution in [1.82, 2.24) is 0 Å². The van der Waals surface area contributed by atoms with Gasteiger partial charge in [-0.3, -0.25) is 0 Å². The van der Waals surface area contributed by atoms with Crippen LogP contribution in [0.4, 0.5) is 11.4 Å². The molecule has 1 aliphatic rings. The molecule has 0 saturated carbocycles. The van der Waals surface area contributed by atoms with Crippen molar-refractivity contribution in [3.63, 3.8) is 0 Å². The van der Waals surface area contributed by atoms with Gasteiger partial charge in [0.2, 0.25) is 0 Å². The van der Waals surface area contributed by atoms with Gasteiger partial charge in [0.05, 0.1) is 5.41 Å². The van der Waals surface area contributed by atoms with Crippen LogP contribution in [0.3, 0.4) is 0 Å². The van der Waals surface area contributed by atoms with Crippen LogP contribution in [-0.4, -0.2) is 0 Å². The van der Waals surface area contributed by atoms with Crippen LogP contribution in [0.1, 0.15) is 44.5 Å². The van der Waals surface area contributed by atoms with Crippen LogP contribution in [0.25, 0.3) is 11.1 Å². The highest BCUT2D eigenvalue weighted by atomic mass is 14.6. The molecule has 1 aliphatic carbocycles. The normalized spacial score (nSPS) is 12.2. The van der Waals surface area contributed by atoms with Crippen LogP contribution in [0.2, 0.25) is 0 Å². The predicted molar refractivity (Wildman–Crippen MR) is 177 cm³/mol. The fraction of sp³-hybridized carbons (Fsp3) is 0.0244. The summed E-state index contributed by atoms with van der Waals surface area (Å²) >= 11 is 0. The summed E-state index contributed by atoms with van der Waals surface area (Å²) in [6.07, 6.45) is 0. The molecule has 0 spiro atoms. The Morgan fingerprint density at radius 2 is 0.744 bits per heavy atom. The topological polar surface area (TPSA) is 52.0 Å². The number of nitrogens with two attached hydrogens (primary N) is 2. The molecule has 43 heavy (non-hydrogen) atoms. The third-order valence-corrected chi connectivity index (χ3v) is 8.07. The maximum absolute atomic E-state index is 6.20. The van der Waals surface area contributed by atoms with Gasteiger partial charge in [0.1, 0.15) is 0 Å². The second kappa shape index (κ2) is 10.8. The van der Waals surface area contributed by atoms with Gasteiger partial charge in [-0.25, -0.2) is 0 Å². The zero-order valence-electron chi connectivity index (χ0n) is 23.5. The van der Waals surface area contributed by atoms with E-state index in [0.717, 1.165) is 44.8 Å². The summed E-state index contributed by atoms with van der Waals surface area (Å²) in [6, 6.07) is 49.7. The highest BCUT2D eigenvalue weighted by Gasteiger charge is 2.46. The molecule has 0 heterocycles. The third-order valence-electron chi connectivity index (χ3n) is 8.07. The summed E-state index contributed by atoms with van der Waals surface area (Å²) < 4.78 is 0. The van der Waals surface area contributed by atoms with E-state index in [1.54, 1.807) is 0 Å². The number of benzene rings is 6. The fourth-order valence-corrected chi connectivity index (χ4v) is 6.07. The second-order valence-corrected chi connectivity index (χ2v) is 10.7. The molecule has 0 unspecified atom stereocenters. The van der Waals surface area contributed by atoms with E-state index in [9.17, 15) is 0 Å². The summed E-state index contributed by atoms with van der Waals surface area (Å²) in [5, 5.41) is 0. The number of hydrogen-bond donors (Lipinski definition) is 2. The Labute approximate surface area is 252 Å². The van der Waals surface area contributed by atoms with Gasteiger partial charge in [-0.2, -0.15) is 0 Å². The lowest BCUT2D eigenvalue weighted by atomic mass is 9.67. The minimum Gasteiger partial charge on any atom is -0.399 e. The first-order chi connectivity index (χ1) is 21.1. The Balaban J connectivity index is 1.49. The van der Waals surface area contributed by atoms with Crippen LogP contribution in [0, 0.1) is 23.7 Å². The van der Waals surface area contributed by atoms with Crippen LogP contribution >= 0.6 is 0 Å². The zero-order valence-corrected chi connectivity index (χ0v) is 23.5. The van der Waals surface area contributed by atoms with E-state index in [4.69, 9.17) is 11.5 Å². The van der Waals surface area contributed by atoms with Crippen molar-refractivity contribution < 1.29 is 0 Å². The van der Waals surface area contributed by atoms with Gasteiger partial charge in [-0.05, 0) is 106 Å². The number of rotatable bonds is 2. The first-order valence-electron chi connectivity index (χ1n) is 14.3. The highest BCUT2D eigenvalue weighted by molar-refractivity contribution is 5.87. The maximum atomic E-state index is 6.20. The Bertz CT molecular complexity index is 1910. The quantitative estimate of drug-likeness (QED) is 0.170. The molecule has 0 aliphatic heterocycles. The van der Waals surface area contributed by atoms with Crippen LogP contribution < -0.4 is 11.5 Å². The molecular formula is C41H28N2. The molecular weight excluding hydrogens is 520 g/mol. The summed E-state index contributed by atoms with van der Waals surface area (Å²) in [7, 11) is 0. The average Bonchev–Trinajstić information content (AvgIpc) is 3.34. The molecule has 6 aromatic carbocycles. The van der Waals surface area contributed by atoms with Crippen molar-refractivity contribution in [2.24, 2.45) is 0 Å². The van der Waals surface area contributed by atoms with Crippen LogP contribution in [0.15, 0.2) is 146 Å². The largest absolute Gasteiger partial charge is 0.399 e. The molecule has 7 rings (SSSR count). The van der Waals surface area contributed by atoms with E-state index >= 15 is 0 Å². The lowest BCUT2D eigenvalue weighted by molar-refractivity contribution is 0.768. The van der Waals surface area contributed by atoms with E-state index in [1.807, 2.05) is 84.9 Å². The lowest BCUT2D eigenvalue weighted by Crippen LogP contribution is -2.28. The molecule has 0 aromatic heterocycles. The second-order valence-electron chi connectivity index (χ2n) is 10.7. The molecule has 0 saturated heterocycles. The molecule has 6 aromatic rings. The van der Waals surface area contributed by atoms with Crippen molar-refractivity contribution in [3.8, 4) is 34.8 Å². The van der Waals surface area contributed by atoms with E-state index in [-0.39, 0.29) is 0 Å². The number of anilines is 2. The van der Waals surface area contributed by atoms with Crippen LogP contribution in [0.5, 0.6) is 0 Å². The van der Waals surface area contributed by atoms with Gasteiger partial charge in [-0.15, -0.1) is 0 Å². The minimum atomic E-state index is -0.624. The van der Waals surface area contributed by atoms with Gasteiger partial charge >= 0.3 is 0 Å². The molecule has 0 fully saturated rings. The van der Waals surface area contributed by atoms with E-state index < -0.39 is 5.41 Å². The Hall–Kier alpha value is -5.96. The molecule has 0 atom stereocenters. The van der Waals surface area contributed by atoms with Gasteiger partial charge in [0.15, 0.2) is 0 Å². The Morgan fingerprint density at radius 1 is 0.372 bits per heavy atom. The number of fused-ring (bicyclic) bond motifs is 3. The van der Waals surface area contributed by atoms with Gasteiger partial charge in [-0.1, -0.05) is 96.5 Å². The van der Waals surface area contributed by atoms with Gasteiger partial charge in [0, 0.05) is 33.6 Å². The average molecular weight is 549 g/mol. The van der Waals surface area contributed by atoms with E-state index in [1.165, 1.54) is 22.3 Å². The zero-order chi connectivity index (χ0) is 29.2. The first-order valence-corrected chi connectivity index (χ1v) is 14.3. The van der Waals surface area contributed by atoms with E-state index in [0.29, 0.717) is 0 Å². The Kier molecular flexibility index (Phi) is 6.52. The van der Waals surface area contributed by atoms with Crippen molar-refractivity contribution in [2.75, 3.05) is 11.5 Å². The van der Waals surface area contributed by atoms with Crippen molar-refractivity contribution in [1.29, 1.82) is 0 Å². The van der Waals surface area contributed by atoms with Crippen LogP contribution in [-0.2, 0) is 5.41 Å². The third kappa shape index (κ3) is 4.72. The number of nitrogen functional groups attached to an aromatic ring is 2. The summed E-state index contributed by atoms with van der Waals surface area (Å²) in [4.78, 5) is 0. The van der Waals surface area contributed by atoms with Crippen molar-refractivity contribution in [2.45, 2.75) is 5.41 Å². The number of hydrogen-bond acceptors (Lipinski definition) is 2. The fourth-order valence-electron chi connectivity index (χ4n) is 6.07. The molecule has 2 nitrogen and oxygen atoms in total. The highest BCUT2D eigenvalue weighted by Crippen LogP contribution is 2.56. The summed E-state index contributed by atoms with van der Waals surface area (Å²) in [5.41, 5.74) is 24.0. The SMILES string of the molecule is Nc1ccc(C2(c3ccc(N)cc3)c3cc(C#Cc4ccccc4)ccc3-c3ccc(C#Cc4ccccc4)cc32)cc1. The molecule has 0 amide bonds. The van der Waals surface area contributed by atoms with Crippen molar-refractivity contribution >= 4 is 11.4 Å². The molecule has 0 radical (unpaired) electrons. The summed E-state index contributed by atoms with van der Waals surface area (Å²) in [6.45, 7) is 0. The smallest absolute Gasteiger partial charge is 0.0714 e. The first kappa shape index (κ1) is 26.0. The predicted octanol–water partition coefficient (Wildman–Crippen LogP) is 8.01. The summed E-state index contributed by atoms with van der Waals surface area (Å²) in [5.74, 6) is 13.5. The molecule has 202 valence electrons.